The highest BCUT2D eigenvalue weighted by atomic mass is 16.1. The fourth-order valence-corrected chi connectivity index (χ4v) is 1.98. The predicted octanol–water partition coefficient (Wildman–Crippen LogP) is 1.63. The first-order valence-electron chi connectivity index (χ1n) is 6.15. The van der Waals surface area contributed by atoms with E-state index in [1.165, 1.54) is 25.9 Å². The van der Waals surface area contributed by atoms with Crippen molar-refractivity contribution < 1.29 is 4.79 Å². The highest BCUT2D eigenvalue weighted by Gasteiger charge is 2.20. The highest BCUT2D eigenvalue weighted by molar-refractivity contribution is 5.75. The van der Waals surface area contributed by atoms with Gasteiger partial charge in [-0.15, -0.1) is 0 Å². The summed E-state index contributed by atoms with van der Waals surface area (Å²) in [6.07, 6.45) is 3.21. The minimum absolute atomic E-state index is 0.174. The summed E-state index contributed by atoms with van der Waals surface area (Å²) in [7, 11) is 0. The minimum Gasteiger partial charge on any atom is -0.352 e. The van der Waals surface area contributed by atoms with E-state index in [4.69, 9.17) is 0 Å². The average molecular weight is 212 g/mol. The van der Waals surface area contributed by atoms with Gasteiger partial charge in [0.2, 0.25) is 5.91 Å². The van der Waals surface area contributed by atoms with Crippen molar-refractivity contribution in [1.82, 2.24) is 10.2 Å². The van der Waals surface area contributed by atoms with Crippen molar-refractivity contribution in [2.45, 2.75) is 46.1 Å². The van der Waals surface area contributed by atoms with Crippen LogP contribution in [0.2, 0.25) is 0 Å². The zero-order valence-electron chi connectivity index (χ0n) is 10.3. The predicted molar refractivity (Wildman–Crippen MR) is 62.7 cm³/mol. The van der Waals surface area contributed by atoms with Gasteiger partial charge in [-0.3, -0.25) is 4.79 Å². The molecule has 1 fully saturated rings. The van der Waals surface area contributed by atoms with E-state index in [9.17, 15) is 4.79 Å². The van der Waals surface area contributed by atoms with E-state index in [0.717, 1.165) is 6.54 Å². The average Bonchev–Trinajstić information content (AvgIpc) is 2.69. The fraction of sp³-hybridized carbons (Fsp3) is 0.917. The Morgan fingerprint density at radius 3 is 2.40 bits per heavy atom. The molecule has 0 aromatic carbocycles. The quantitative estimate of drug-likeness (QED) is 0.751. The van der Waals surface area contributed by atoms with Crippen LogP contribution < -0.4 is 5.32 Å². The molecule has 0 spiro atoms. The lowest BCUT2D eigenvalue weighted by Crippen LogP contribution is -2.45. The van der Waals surface area contributed by atoms with Gasteiger partial charge in [0.05, 0.1) is 0 Å². The Morgan fingerprint density at radius 2 is 1.93 bits per heavy atom. The number of hydrogen-bond donors (Lipinski definition) is 1. The molecule has 1 amide bonds. The van der Waals surface area contributed by atoms with Gasteiger partial charge in [0.15, 0.2) is 0 Å². The van der Waals surface area contributed by atoms with Crippen LogP contribution in [-0.2, 0) is 4.79 Å². The van der Waals surface area contributed by atoms with Gasteiger partial charge in [0.1, 0.15) is 0 Å². The van der Waals surface area contributed by atoms with Crippen LogP contribution in [0, 0.1) is 5.92 Å². The van der Waals surface area contributed by atoms with Gasteiger partial charge in [-0.05, 0) is 31.8 Å². The van der Waals surface area contributed by atoms with Crippen molar-refractivity contribution in [1.29, 1.82) is 0 Å². The van der Waals surface area contributed by atoms with Crippen LogP contribution in [0.5, 0.6) is 0 Å². The zero-order chi connectivity index (χ0) is 11.3. The lowest BCUT2D eigenvalue weighted by Gasteiger charge is -2.27. The summed E-state index contributed by atoms with van der Waals surface area (Å²) in [5.74, 6) is 0.689. The summed E-state index contributed by atoms with van der Waals surface area (Å²) in [6, 6.07) is 0.315. The molecule has 1 rings (SSSR count). The third kappa shape index (κ3) is 4.20. The van der Waals surface area contributed by atoms with Crippen LogP contribution in [0.15, 0.2) is 0 Å². The summed E-state index contributed by atoms with van der Waals surface area (Å²) < 4.78 is 0. The fourth-order valence-electron chi connectivity index (χ4n) is 1.98. The van der Waals surface area contributed by atoms with Crippen LogP contribution in [0.1, 0.15) is 40.0 Å². The van der Waals surface area contributed by atoms with Gasteiger partial charge in [0.25, 0.3) is 0 Å². The Balaban J connectivity index is 2.38. The van der Waals surface area contributed by atoms with E-state index in [2.05, 4.69) is 24.1 Å². The second-order valence-electron chi connectivity index (χ2n) is 4.78. The van der Waals surface area contributed by atoms with Gasteiger partial charge >= 0.3 is 0 Å². The second-order valence-corrected chi connectivity index (χ2v) is 4.78. The monoisotopic (exact) mass is 212 g/mol. The smallest absolute Gasteiger partial charge is 0.219 e. The highest BCUT2D eigenvalue weighted by Crippen LogP contribution is 2.11. The number of rotatable bonds is 5. The molecule has 0 saturated carbocycles. The van der Waals surface area contributed by atoms with Crippen molar-refractivity contribution >= 4 is 5.91 Å². The lowest BCUT2D eigenvalue weighted by atomic mass is 10.0. The maximum atomic E-state index is 11.4. The first kappa shape index (κ1) is 12.5. The first-order chi connectivity index (χ1) is 7.13. The molecule has 1 N–H and O–H groups in total. The van der Waals surface area contributed by atoms with Crippen LogP contribution in [-0.4, -0.2) is 36.5 Å². The van der Waals surface area contributed by atoms with Gasteiger partial charge in [-0.25, -0.2) is 0 Å². The first-order valence-corrected chi connectivity index (χ1v) is 6.15. The van der Waals surface area contributed by atoms with Crippen molar-refractivity contribution in [3.63, 3.8) is 0 Å². The number of nitrogens with one attached hydrogen (secondary N) is 1. The molecule has 1 atom stereocenters. The van der Waals surface area contributed by atoms with Crippen LogP contribution >= 0.6 is 0 Å². The van der Waals surface area contributed by atoms with Crippen LogP contribution in [0.3, 0.4) is 0 Å². The molecule has 1 aliphatic heterocycles. The number of carbonyl (C=O) groups is 1. The summed E-state index contributed by atoms with van der Waals surface area (Å²) in [6.45, 7) is 9.68. The number of carbonyl (C=O) groups excluding carboxylic acids is 1. The van der Waals surface area contributed by atoms with Gasteiger partial charge in [0, 0.05) is 19.0 Å². The summed E-state index contributed by atoms with van der Waals surface area (Å²) in [5, 5.41) is 3.11. The Labute approximate surface area is 93.2 Å². The minimum atomic E-state index is 0.174. The Hall–Kier alpha value is -0.570. The van der Waals surface area contributed by atoms with E-state index in [-0.39, 0.29) is 5.91 Å². The third-order valence-electron chi connectivity index (χ3n) is 3.13. The molecule has 1 unspecified atom stereocenters. The van der Waals surface area contributed by atoms with Crippen LogP contribution in [0.4, 0.5) is 0 Å². The number of hydrogen-bond acceptors (Lipinski definition) is 2. The normalized spacial score (nSPS) is 19.5. The van der Waals surface area contributed by atoms with E-state index in [1.54, 1.807) is 0 Å². The maximum Gasteiger partial charge on any atom is 0.219 e. The van der Waals surface area contributed by atoms with E-state index in [0.29, 0.717) is 18.4 Å². The molecule has 3 heteroatoms. The summed E-state index contributed by atoms with van der Waals surface area (Å²) >= 11 is 0. The van der Waals surface area contributed by atoms with Crippen molar-refractivity contribution in [2.75, 3.05) is 19.6 Å². The zero-order valence-corrected chi connectivity index (χ0v) is 10.3. The number of amides is 1. The Kier molecular flexibility index (Phi) is 5.09. The molecule has 0 aliphatic carbocycles. The number of likely N-dealkylation sites (tertiary alicyclic amines) is 1. The van der Waals surface area contributed by atoms with Crippen molar-refractivity contribution in [2.24, 2.45) is 5.92 Å². The van der Waals surface area contributed by atoms with E-state index >= 15 is 0 Å². The molecule has 0 bridgehead atoms. The molecule has 88 valence electrons. The van der Waals surface area contributed by atoms with E-state index in [1.807, 2.05) is 6.92 Å². The van der Waals surface area contributed by atoms with Crippen LogP contribution in [0.25, 0.3) is 0 Å². The molecule has 0 aromatic rings. The second kappa shape index (κ2) is 6.11. The molecular formula is C12H24N2O. The molecule has 1 heterocycles. The molecule has 1 saturated heterocycles. The SMILES string of the molecule is CCC(=O)NC(CN1CCCC1)C(C)C. The third-order valence-corrected chi connectivity index (χ3v) is 3.13. The topological polar surface area (TPSA) is 32.3 Å². The molecule has 0 radical (unpaired) electrons. The standard InChI is InChI=1S/C12H24N2O/c1-4-12(15)13-11(10(2)3)9-14-7-5-6-8-14/h10-11H,4-9H2,1-3H3,(H,13,15). The Bertz CT molecular complexity index is 198. The van der Waals surface area contributed by atoms with Gasteiger partial charge < -0.3 is 10.2 Å². The molecule has 0 aromatic heterocycles. The summed E-state index contributed by atoms with van der Waals surface area (Å²) in [4.78, 5) is 13.8. The molecule has 1 aliphatic rings. The molecular weight excluding hydrogens is 188 g/mol. The van der Waals surface area contributed by atoms with Crippen molar-refractivity contribution in [3.05, 3.63) is 0 Å². The summed E-state index contributed by atoms with van der Waals surface area (Å²) in [5.41, 5.74) is 0. The Morgan fingerprint density at radius 1 is 1.33 bits per heavy atom. The largest absolute Gasteiger partial charge is 0.352 e. The molecule has 15 heavy (non-hydrogen) atoms. The maximum absolute atomic E-state index is 11.4. The molecule has 3 nitrogen and oxygen atoms in total. The number of nitrogens with zero attached hydrogens (tertiary/aromatic N) is 1. The van der Waals surface area contributed by atoms with E-state index < -0.39 is 0 Å². The lowest BCUT2D eigenvalue weighted by molar-refractivity contribution is -0.121. The van der Waals surface area contributed by atoms with Crippen molar-refractivity contribution in [3.8, 4) is 0 Å². The van der Waals surface area contributed by atoms with Gasteiger partial charge in [-0.2, -0.15) is 0 Å². The van der Waals surface area contributed by atoms with Gasteiger partial charge in [-0.1, -0.05) is 20.8 Å².